The summed E-state index contributed by atoms with van der Waals surface area (Å²) in [6, 6.07) is 15.2. The Bertz CT molecular complexity index is 1490. The normalized spacial score (nSPS) is 12.1. The topological polar surface area (TPSA) is 88.4 Å². The Kier molecular flexibility index (Phi) is 5.96. The number of hydrogen-bond acceptors (Lipinski definition) is 4. The highest BCUT2D eigenvalue weighted by atomic mass is 32.2. The second-order valence-corrected chi connectivity index (χ2v) is 9.80. The third-order valence-corrected chi connectivity index (χ3v) is 7.19. The van der Waals surface area contributed by atoms with Gasteiger partial charge in [0.15, 0.2) is 9.84 Å². The summed E-state index contributed by atoms with van der Waals surface area (Å²) in [6.45, 7) is 0. The van der Waals surface area contributed by atoms with Crippen molar-refractivity contribution in [1.82, 2.24) is 10.0 Å². The number of halogens is 3. The molecule has 0 saturated heterocycles. The molecule has 0 spiro atoms. The van der Waals surface area contributed by atoms with Gasteiger partial charge in [-0.05, 0) is 59.7 Å². The van der Waals surface area contributed by atoms with E-state index in [2.05, 4.69) is 0 Å². The van der Waals surface area contributed by atoms with Gasteiger partial charge in [0.05, 0.1) is 16.2 Å². The average Bonchev–Trinajstić information content (AvgIpc) is 3.13. The number of carbonyl (C=O) groups is 1. The molecule has 0 unspecified atom stereocenters. The molecule has 0 radical (unpaired) electrons. The molecule has 0 bridgehead atoms. The molecule has 0 aliphatic heterocycles. The van der Waals surface area contributed by atoms with Gasteiger partial charge in [0.2, 0.25) is 0 Å². The summed E-state index contributed by atoms with van der Waals surface area (Å²) in [5, 5.41) is 9.31. The van der Waals surface area contributed by atoms with Crippen LogP contribution in [0.5, 0.6) is 0 Å². The van der Waals surface area contributed by atoms with Crippen LogP contribution in [0.3, 0.4) is 0 Å². The molecule has 0 aliphatic carbocycles. The quantitative estimate of drug-likeness (QED) is 0.307. The molecule has 1 heterocycles. The number of hydrogen-bond donors (Lipinski definition) is 2. The summed E-state index contributed by atoms with van der Waals surface area (Å²) < 4.78 is 67.2. The van der Waals surface area contributed by atoms with Crippen molar-refractivity contribution in [3.05, 3.63) is 89.6 Å². The zero-order chi connectivity index (χ0) is 24.7. The van der Waals surface area contributed by atoms with E-state index in [1.807, 2.05) is 0 Å². The number of hydroxylamine groups is 1. The number of alkyl halides is 3. The number of fused-ring (bicyclic) bond motifs is 1. The molecule has 0 saturated carbocycles. The van der Waals surface area contributed by atoms with E-state index in [-0.39, 0.29) is 16.2 Å². The molecule has 10 heteroatoms. The first-order valence-electron chi connectivity index (χ1n) is 10.0. The predicted octanol–water partition coefficient (Wildman–Crippen LogP) is 4.96. The largest absolute Gasteiger partial charge is 0.416 e. The zero-order valence-electron chi connectivity index (χ0n) is 17.8. The minimum absolute atomic E-state index is 0.00625. The fourth-order valence-corrected chi connectivity index (χ4v) is 5.14. The Morgan fingerprint density at radius 3 is 2.38 bits per heavy atom. The van der Waals surface area contributed by atoms with E-state index in [1.54, 1.807) is 42.1 Å². The molecular formula is C24H19F3N2O4S. The van der Waals surface area contributed by atoms with E-state index >= 15 is 0 Å². The maximum atomic E-state index is 13.2. The lowest BCUT2D eigenvalue weighted by Gasteiger charge is -2.09. The van der Waals surface area contributed by atoms with Gasteiger partial charge in [0.1, 0.15) is 0 Å². The van der Waals surface area contributed by atoms with Crippen LogP contribution in [0.4, 0.5) is 13.2 Å². The highest BCUT2D eigenvalue weighted by Crippen LogP contribution is 2.36. The van der Waals surface area contributed by atoms with Crippen LogP contribution in [-0.4, -0.2) is 24.1 Å². The van der Waals surface area contributed by atoms with E-state index in [0.29, 0.717) is 22.1 Å². The van der Waals surface area contributed by atoms with Crippen LogP contribution >= 0.6 is 0 Å². The molecule has 176 valence electrons. The van der Waals surface area contributed by atoms with Crippen molar-refractivity contribution in [3.8, 4) is 11.1 Å². The second-order valence-electron chi connectivity index (χ2n) is 7.81. The number of aryl methyl sites for hydroxylation is 1. The summed E-state index contributed by atoms with van der Waals surface area (Å²) in [5.74, 6) is -1.11. The van der Waals surface area contributed by atoms with Gasteiger partial charge in [-0.3, -0.25) is 10.0 Å². The Labute approximate surface area is 193 Å². The number of rotatable bonds is 5. The Morgan fingerprint density at radius 2 is 1.74 bits per heavy atom. The summed E-state index contributed by atoms with van der Waals surface area (Å²) in [6.07, 6.45) is -2.77. The van der Waals surface area contributed by atoms with Gasteiger partial charge in [-0.2, -0.15) is 13.2 Å². The molecular weight excluding hydrogens is 469 g/mol. The molecule has 0 aliphatic rings. The van der Waals surface area contributed by atoms with Crippen LogP contribution in [0.1, 0.15) is 21.5 Å². The second kappa shape index (κ2) is 8.62. The first-order valence-corrected chi connectivity index (χ1v) is 11.7. The molecule has 2 N–H and O–H groups in total. The van der Waals surface area contributed by atoms with E-state index in [9.17, 15) is 26.4 Å². The average molecular weight is 488 g/mol. The third-order valence-electron chi connectivity index (χ3n) is 5.49. The third kappa shape index (κ3) is 4.55. The number of carbonyl (C=O) groups excluding carboxylic acids is 1. The van der Waals surface area contributed by atoms with Crippen molar-refractivity contribution >= 4 is 26.6 Å². The summed E-state index contributed by atoms with van der Waals surface area (Å²) >= 11 is 0. The van der Waals surface area contributed by atoms with E-state index < -0.39 is 27.5 Å². The van der Waals surface area contributed by atoms with Crippen LogP contribution in [0, 0.1) is 0 Å². The Morgan fingerprint density at radius 1 is 1.03 bits per heavy atom. The number of benzene rings is 3. The molecule has 6 nitrogen and oxygen atoms in total. The standard InChI is InChI=1S/C24H19F3N2O4S/c1-29-13-21(17-3-2-4-18(12-17)24(25,26)27)20-11-15(5-10-22(20)29)14-34(32,33)19-8-6-16(7-9-19)23(30)28-31/h2-13,31H,14H2,1H3,(H,28,30). The molecule has 1 amide bonds. The molecule has 4 aromatic rings. The van der Waals surface area contributed by atoms with Crippen molar-refractivity contribution in [1.29, 1.82) is 0 Å². The van der Waals surface area contributed by atoms with Gasteiger partial charge in [-0.25, -0.2) is 13.9 Å². The molecule has 34 heavy (non-hydrogen) atoms. The predicted molar refractivity (Wildman–Crippen MR) is 120 cm³/mol. The highest BCUT2D eigenvalue weighted by molar-refractivity contribution is 7.90. The lowest BCUT2D eigenvalue weighted by molar-refractivity contribution is -0.137. The summed E-state index contributed by atoms with van der Waals surface area (Å²) in [5.41, 5.74) is 2.94. The Balaban J connectivity index is 1.71. The van der Waals surface area contributed by atoms with Crippen molar-refractivity contribution in [2.45, 2.75) is 16.8 Å². The summed E-state index contributed by atoms with van der Waals surface area (Å²) in [4.78, 5) is 11.4. The minimum atomic E-state index is -4.48. The molecule has 3 aromatic carbocycles. The maximum Gasteiger partial charge on any atom is 0.416 e. The molecule has 0 atom stereocenters. The van der Waals surface area contributed by atoms with Gasteiger partial charge < -0.3 is 4.57 Å². The number of aromatic nitrogens is 1. The lowest BCUT2D eigenvalue weighted by Crippen LogP contribution is -2.18. The van der Waals surface area contributed by atoms with Gasteiger partial charge in [0, 0.05) is 35.3 Å². The fraction of sp³-hybridized carbons (Fsp3) is 0.125. The number of nitrogens with zero attached hydrogens (tertiary/aromatic N) is 1. The highest BCUT2D eigenvalue weighted by Gasteiger charge is 2.30. The number of amides is 1. The van der Waals surface area contributed by atoms with E-state index in [4.69, 9.17) is 5.21 Å². The van der Waals surface area contributed by atoms with E-state index in [1.165, 1.54) is 35.8 Å². The van der Waals surface area contributed by atoms with Gasteiger partial charge in [-0.15, -0.1) is 0 Å². The van der Waals surface area contributed by atoms with Crippen LogP contribution < -0.4 is 5.48 Å². The minimum Gasteiger partial charge on any atom is -0.350 e. The molecule has 4 rings (SSSR count). The monoisotopic (exact) mass is 488 g/mol. The van der Waals surface area contributed by atoms with Crippen molar-refractivity contribution < 1.29 is 31.6 Å². The lowest BCUT2D eigenvalue weighted by atomic mass is 10.0. The first kappa shape index (κ1) is 23.5. The first-order chi connectivity index (χ1) is 16.0. The SMILES string of the molecule is Cn1cc(-c2cccc(C(F)(F)F)c2)c2cc(CS(=O)(=O)c3ccc(C(=O)NO)cc3)ccc21. The van der Waals surface area contributed by atoms with Crippen molar-refractivity contribution in [2.75, 3.05) is 0 Å². The molecule has 0 fully saturated rings. The van der Waals surface area contributed by atoms with Crippen LogP contribution in [0.25, 0.3) is 22.0 Å². The number of sulfone groups is 1. The maximum absolute atomic E-state index is 13.2. The van der Waals surface area contributed by atoms with E-state index in [0.717, 1.165) is 17.6 Å². The Hall–Kier alpha value is -3.63. The fourth-order valence-electron chi connectivity index (χ4n) is 3.80. The van der Waals surface area contributed by atoms with Gasteiger partial charge in [-0.1, -0.05) is 18.2 Å². The summed E-state index contributed by atoms with van der Waals surface area (Å²) in [7, 11) is -2.01. The van der Waals surface area contributed by atoms with Gasteiger partial charge in [0.25, 0.3) is 5.91 Å². The van der Waals surface area contributed by atoms with Crippen LogP contribution in [-0.2, 0) is 28.8 Å². The van der Waals surface area contributed by atoms with Crippen molar-refractivity contribution in [3.63, 3.8) is 0 Å². The van der Waals surface area contributed by atoms with Crippen molar-refractivity contribution in [2.24, 2.45) is 7.05 Å². The number of nitrogens with one attached hydrogen (secondary N) is 1. The van der Waals surface area contributed by atoms with Gasteiger partial charge >= 0.3 is 6.18 Å². The molecule has 1 aromatic heterocycles. The van der Waals surface area contributed by atoms with Crippen LogP contribution in [0.2, 0.25) is 0 Å². The van der Waals surface area contributed by atoms with Crippen LogP contribution in [0.15, 0.2) is 77.8 Å². The zero-order valence-corrected chi connectivity index (χ0v) is 18.6. The smallest absolute Gasteiger partial charge is 0.350 e.